The number of nitrogens with zero attached hydrogens (tertiary/aromatic N) is 6. The van der Waals surface area contributed by atoms with Crippen LogP contribution in [-0.2, 0) is 33.6 Å². The number of methoxy groups -OCH3 is 2. The maximum Gasteiger partial charge on any atom is 0.257 e. The Morgan fingerprint density at radius 2 is 1.79 bits per heavy atom. The summed E-state index contributed by atoms with van der Waals surface area (Å²) in [5.74, 6) is 1.76. The molecule has 0 aliphatic carbocycles. The summed E-state index contributed by atoms with van der Waals surface area (Å²) in [5.41, 5.74) is 6.79. The molecular weight excluding hydrogens is 614 g/mol. The molecular formula is C34H45N9O5. The van der Waals surface area contributed by atoms with E-state index >= 15 is 0 Å². The normalized spacial score (nSPS) is 14.0. The zero-order valence-electron chi connectivity index (χ0n) is 28.2. The van der Waals surface area contributed by atoms with E-state index in [4.69, 9.17) is 23.9 Å². The van der Waals surface area contributed by atoms with Crippen molar-refractivity contribution >= 4 is 28.9 Å². The molecule has 0 radical (unpaired) electrons. The largest absolute Gasteiger partial charge is 0.494 e. The van der Waals surface area contributed by atoms with Crippen LogP contribution >= 0.6 is 0 Å². The first kappa shape index (κ1) is 33.4. The minimum Gasteiger partial charge on any atom is -0.494 e. The van der Waals surface area contributed by atoms with Crippen LogP contribution in [0.1, 0.15) is 33.0 Å². The molecule has 48 heavy (non-hydrogen) atoms. The zero-order valence-corrected chi connectivity index (χ0v) is 28.2. The first-order valence-corrected chi connectivity index (χ1v) is 16.4. The van der Waals surface area contributed by atoms with Gasteiger partial charge in [-0.05, 0) is 44.9 Å². The van der Waals surface area contributed by atoms with Gasteiger partial charge in [0.1, 0.15) is 11.6 Å². The number of ether oxygens (including phenoxy) is 4. The summed E-state index contributed by atoms with van der Waals surface area (Å²) >= 11 is 0. The Morgan fingerprint density at radius 3 is 2.58 bits per heavy atom. The molecule has 4 aromatic rings. The second-order valence-electron chi connectivity index (χ2n) is 11.8. The smallest absolute Gasteiger partial charge is 0.257 e. The molecule has 6 rings (SSSR count). The molecule has 1 saturated heterocycles. The Bertz CT molecular complexity index is 1710. The molecule has 5 heterocycles. The van der Waals surface area contributed by atoms with E-state index in [1.54, 1.807) is 14.2 Å². The summed E-state index contributed by atoms with van der Waals surface area (Å²) in [7, 11) is 3.31. The van der Waals surface area contributed by atoms with Crippen molar-refractivity contribution < 1.29 is 23.7 Å². The highest BCUT2D eigenvalue weighted by Gasteiger charge is 2.25. The van der Waals surface area contributed by atoms with Crippen LogP contribution in [0.5, 0.6) is 5.75 Å². The molecule has 1 aromatic carbocycles. The van der Waals surface area contributed by atoms with Crippen molar-refractivity contribution in [2.24, 2.45) is 0 Å². The fourth-order valence-corrected chi connectivity index (χ4v) is 6.14. The van der Waals surface area contributed by atoms with E-state index in [-0.39, 0.29) is 5.91 Å². The lowest BCUT2D eigenvalue weighted by Crippen LogP contribution is -2.43. The second-order valence-corrected chi connectivity index (χ2v) is 11.8. The van der Waals surface area contributed by atoms with Gasteiger partial charge in [-0.1, -0.05) is 0 Å². The molecule has 0 saturated carbocycles. The van der Waals surface area contributed by atoms with Gasteiger partial charge in [0, 0.05) is 68.7 Å². The quantitative estimate of drug-likeness (QED) is 0.162. The second kappa shape index (κ2) is 15.6. The van der Waals surface area contributed by atoms with Crippen LogP contribution in [-0.4, -0.2) is 104 Å². The van der Waals surface area contributed by atoms with Gasteiger partial charge in [0.15, 0.2) is 0 Å². The van der Waals surface area contributed by atoms with E-state index in [1.807, 2.05) is 53.7 Å². The van der Waals surface area contributed by atoms with Gasteiger partial charge in [-0.3, -0.25) is 9.48 Å². The monoisotopic (exact) mass is 659 g/mol. The number of hydrogen-bond acceptors (Lipinski definition) is 11. The summed E-state index contributed by atoms with van der Waals surface area (Å²) < 4.78 is 25.7. The lowest BCUT2D eigenvalue weighted by Gasteiger charge is -2.30. The average Bonchev–Trinajstić information content (AvgIpc) is 3.67. The van der Waals surface area contributed by atoms with Crippen LogP contribution in [0.4, 0.5) is 23.0 Å². The van der Waals surface area contributed by atoms with E-state index in [9.17, 15) is 4.79 Å². The lowest BCUT2D eigenvalue weighted by molar-refractivity contribution is 0.0224. The number of fused-ring (bicyclic) bond motifs is 3. The number of carbonyl (C=O) groups excluding carboxylic acids is 1. The standard InChI is InChI=1S/C34H45N9O5/c1-23-31(24(2)43(40-23)15-16-47-19-20-48-18-17-45-3)38-33(44)27-9-12-42-29(27)8-5-25-22-36-34(39-32(25)42)37-28-7-6-26(21-30(28)46-4)41-13-10-35-11-14-41/h6-7,9,12,21-22,35H,5,8,10-11,13-20H2,1-4H3,(H,38,44)(H,36,37,39). The highest BCUT2D eigenvalue weighted by atomic mass is 16.5. The van der Waals surface area contributed by atoms with E-state index in [0.717, 1.165) is 78.2 Å². The molecule has 3 aromatic heterocycles. The summed E-state index contributed by atoms with van der Waals surface area (Å²) in [4.78, 5) is 25.4. The number of piperazine rings is 1. The Morgan fingerprint density at radius 1 is 1.00 bits per heavy atom. The summed E-state index contributed by atoms with van der Waals surface area (Å²) in [5, 5.41) is 14.5. The molecule has 2 aliphatic heterocycles. The van der Waals surface area contributed by atoms with Crippen LogP contribution in [0.3, 0.4) is 0 Å². The number of nitrogens with one attached hydrogen (secondary N) is 3. The maximum atomic E-state index is 13.6. The molecule has 256 valence electrons. The van der Waals surface area contributed by atoms with Crippen molar-refractivity contribution in [1.29, 1.82) is 0 Å². The highest BCUT2D eigenvalue weighted by Crippen LogP contribution is 2.33. The van der Waals surface area contributed by atoms with E-state index < -0.39 is 0 Å². The Hall–Kier alpha value is -4.50. The number of amides is 1. The molecule has 1 fully saturated rings. The number of benzene rings is 1. The number of aryl methyl sites for hydroxylation is 2. The molecule has 14 nitrogen and oxygen atoms in total. The van der Waals surface area contributed by atoms with Gasteiger partial charge in [-0.2, -0.15) is 10.1 Å². The Labute approximate surface area is 280 Å². The maximum absolute atomic E-state index is 13.6. The fourth-order valence-electron chi connectivity index (χ4n) is 6.14. The van der Waals surface area contributed by atoms with Crippen LogP contribution in [0.15, 0.2) is 36.7 Å². The molecule has 0 atom stereocenters. The number of rotatable bonds is 15. The van der Waals surface area contributed by atoms with Crippen LogP contribution in [0, 0.1) is 13.8 Å². The van der Waals surface area contributed by atoms with Gasteiger partial charge in [0.05, 0.1) is 75.0 Å². The third-order valence-corrected chi connectivity index (χ3v) is 8.72. The summed E-state index contributed by atoms with van der Waals surface area (Å²) in [6.45, 7) is 10.9. The zero-order chi connectivity index (χ0) is 33.5. The van der Waals surface area contributed by atoms with Gasteiger partial charge in [-0.15, -0.1) is 0 Å². The summed E-state index contributed by atoms with van der Waals surface area (Å²) in [6, 6.07) is 7.99. The van der Waals surface area contributed by atoms with Gasteiger partial charge in [0.25, 0.3) is 5.91 Å². The molecule has 2 aliphatic rings. The van der Waals surface area contributed by atoms with Crippen molar-refractivity contribution in [2.75, 3.05) is 89.0 Å². The van der Waals surface area contributed by atoms with Crippen molar-refractivity contribution in [1.82, 2.24) is 29.6 Å². The molecule has 0 unspecified atom stereocenters. The summed E-state index contributed by atoms with van der Waals surface area (Å²) in [6.07, 6.45) is 5.19. The molecule has 0 spiro atoms. The van der Waals surface area contributed by atoms with E-state index in [0.29, 0.717) is 63.2 Å². The van der Waals surface area contributed by atoms with Gasteiger partial charge in [0.2, 0.25) is 5.95 Å². The van der Waals surface area contributed by atoms with Gasteiger partial charge < -0.3 is 44.4 Å². The number of aromatic nitrogens is 5. The lowest BCUT2D eigenvalue weighted by atomic mass is 10.0. The number of carbonyl (C=O) groups is 1. The molecule has 3 N–H and O–H groups in total. The fraction of sp³-hybridized carbons (Fsp3) is 0.471. The molecule has 1 amide bonds. The average molecular weight is 660 g/mol. The number of hydrogen-bond donors (Lipinski definition) is 3. The van der Waals surface area contributed by atoms with Crippen molar-refractivity contribution in [3.63, 3.8) is 0 Å². The Kier molecular flexibility index (Phi) is 10.9. The highest BCUT2D eigenvalue weighted by molar-refractivity contribution is 6.06. The van der Waals surface area contributed by atoms with Crippen molar-refractivity contribution in [2.45, 2.75) is 33.2 Å². The third-order valence-electron chi connectivity index (χ3n) is 8.72. The molecule has 0 bridgehead atoms. The minimum absolute atomic E-state index is 0.177. The van der Waals surface area contributed by atoms with Crippen LogP contribution in [0.25, 0.3) is 5.82 Å². The SMILES string of the molecule is COCCOCCOCCn1nc(C)c(NC(=O)c2ccn3c2CCc2cnc(Nc4ccc(N5CCNCC5)cc4OC)nc2-3)c1C. The Balaban J connectivity index is 1.12. The number of anilines is 4. The molecule has 14 heteroatoms. The van der Waals surface area contributed by atoms with Crippen LogP contribution < -0.4 is 25.6 Å². The van der Waals surface area contributed by atoms with E-state index in [1.165, 1.54) is 0 Å². The first-order chi connectivity index (χ1) is 23.5. The van der Waals surface area contributed by atoms with Crippen molar-refractivity contribution in [3.05, 3.63) is 64.9 Å². The van der Waals surface area contributed by atoms with Crippen LogP contribution in [0.2, 0.25) is 0 Å². The minimum atomic E-state index is -0.177. The van der Waals surface area contributed by atoms with E-state index in [2.05, 4.69) is 37.0 Å². The topological polar surface area (TPSA) is 142 Å². The van der Waals surface area contributed by atoms with Crippen molar-refractivity contribution in [3.8, 4) is 11.6 Å². The third kappa shape index (κ3) is 7.46. The first-order valence-electron chi connectivity index (χ1n) is 16.4. The van der Waals surface area contributed by atoms with Gasteiger partial charge >= 0.3 is 0 Å². The predicted molar refractivity (Wildman–Crippen MR) is 183 cm³/mol. The predicted octanol–water partition coefficient (Wildman–Crippen LogP) is 3.27. The van der Waals surface area contributed by atoms with Gasteiger partial charge in [-0.25, -0.2) is 4.98 Å².